The van der Waals surface area contributed by atoms with Gasteiger partial charge in [0, 0.05) is 31.4 Å². The number of piperidine rings is 1. The van der Waals surface area contributed by atoms with Crippen LogP contribution in [0.4, 0.5) is 5.69 Å². The number of nitrogens with zero attached hydrogens (tertiary/aromatic N) is 1. The molecule has 0 radical (unpaired) electrons. The molecule has 2 heterocycles. The summed E-state index contributed by atoms with van der Waals surface area (Å²) in [5.41, 5.74) is 5.15. The number of likely N-dealkylation sites (tertiary alicyclic amines) is 1. The molecule has 0 spiro atoms. The third kappa shape index (κ3) is 2.19. The van der Waals surface area contributed by atoms with Crippen LogP contribution in [-0.2, 0) is 12.8 Å². The molecule has 1 saturated carbocycles. The predicted octanol–water partition coefficient (Wildman–Crippen LogP) is 3.56. The van der Waals surface area contributed by atoms with Gasteiger partial charge in [-0.1, -0.05) is 32.9 Å². The van der Waals surface area contributed by atoms with Crippen LogP contribution >= 0.6 is 0 Å². The van der Waals surface area contributed by atoms with Crippen molar-refractivity contribution in [1.29, 1.82) is 0 Å². The lowest BCUT2D eigenvalue weighted by Crippen LogP contribution is -2.31. The van der Waals surface area contributed by atoms with E-state index in [1.54, 1.807) is 5.56 Å². The number of hydrogen-bond acceptors (Lipinski definition) is 2. The molecule has 1 N–H and O–H groups in total. The monoisotopic (exact) mass is 284 g/mol. The first-order valence-corrected chi connectivity index (χ1v) is 8.69. The van der Waals surface area contributed by atoms with Gasteiger partial charge in [-0.15, -0.1) is 0 Å². The smallest absolute Gasteiger partial charge is 0.0378 e. The Kier molecular flexibility index (Phi) is 3.08. The van der Waals surface area contributed by atoms with E-state index in [-0.39, 0.29) is 0 Å². The second-order valence-electron chi connectivity index (χ2n) is 7.92. The van der Waals surface area contributed by atoms with Gasteiger partial charge in [0.15, 0.2) is 0 Å². The Hall–Kier alpha value is -1.02. The molecule has 2 fully saturated rings. The van der Waals surface area contributed by atoms with Gasteiger partial charge in [-0.25, -0.2) is 0 Å². The molecule has 3 atom stereocenters. The molecule has 1 aromatic rings. The zero-order chi connectivity index (χ0) is 14.6. The topological polar surface area (TPSA) is 15.3 Å². The van der Waals surface area contributed by atoms with Crippen molar-refractivity contribution in [3.05, 3.63) is 29.3 Å². The highest BCUT2D eigenvalue weighted by atomic mass is 15.2. The van der Waals surface area contributed by atoms with Gasteiger partial charge in [-0.2, -0.15) is 0 Å². The minimum Gasteiger partial charge on any atom is -0.382 e. The summed E-state index contributed by atoms with van der Waals surface area (Å²) in [4.78, 5) is 2.70. The summed E-state index contributed by atoms with van der Waals surface area (Å²) in [6.07, 6.45) is 3.67. The van der Waals surface area contributed by atoms with Crippen LogP contribution in [0.15, 0.2) is 18.2 Å². The highest BCUT2D eigenvalue weighted by molar-refractivity contribution is 5.59. The molecule has 1 saturated heterocycles. The first-order chi connectivity index (χ1) is 10.1. The summed E-state index contributed by atoms with van der Waals surface area (Å²) in [6.45, 7) is 11.1. The number of benzene rings is 1. The molecule has 4 rings (SSSR count). The summed E-state index contributed by atoms with van der Waals surface area (Å²) in [7, 11) is 0. The van der Waals surface area contributed by atoms with Gasteiger partial charge in [0.1, 0.15) is 0 Å². The van der Waals surface area contributed by atoms with Crippen LogP contribution < -0.4 is 5.32 Å². The molecule has 0 amide bonds. The van der Waals surface area contributed by atoms with E-state index in [0.29, 0.717) is 11.5 Å². The molecule has 2 nitrogen and oxygen atoms in total. The summed E-state index contributed by atoms with van der Waals surface area (Å²) >= 11 is 0. The Labute approximate surface area is 128 Å². The van der Waals surface area contributed by atoms with Crippen molar-refractivity contribution in [1.82, 2.24) is 4.90 Å². The lowest BCUT2D eigenvalue weighted by molar-refractivity contribution is 0.252. The third-order valence-corrected chi connectivity index (χ3v) is 6.46. The molecule has 21 heavy (non-hydrogen) atoms. The average molecular weight is 284 g/mol. The SMILES string of the molecule is CCc1cccc2c1CC(CCN1CC3C(C1)C3(C)C)N2. The van der Waals surface area contributed by atoms with Crippen LogP contribution in [0, 0.1) is 17.3 Å². The molecule has 1 aromatic carbocycles. The second kappa shape index (κ2) is 4.74. The Morgan fingerprint density at radius 3 is 2.71 bits per heavy atom. The highest BCUT2D eigenvalue weighted by Gasteiger charge is 2.61. The largest absolute Gasteiger partial charge is 0.382 e. The first-order valence-electron chi connectivity index (χ1n) is 8.69. The molecule has 114 valence electrons. The van der Waals surface area contributed by atoms with Crippen molar-refractivity contribution in [3.8, 4) is 0 Å². The Morgan fingerprint density at radius 1 is 1.24 bits per heavy atom. The van der Waals surface area contributed by atoms with Crippen molar-refractivity contribution >= 4 is 5.69 Å². The molecular weight excluding hydrogens is 256 g/mol. The summed E-state index contributed by atoms with van der Waals surface area (Å²) in [5, 5.41) is 3.75. The van der Waals surface area contributed by atoms with E-state index in [0.717, 1.165) is 18.3 Å². The van der Waals surface area contributed by atoms with Gasteiger partial charge in [-0.3, -0.25) is 0 Å². The van der Waals surface area contributed by atoms with E-state index >= 15 is 0 Å². The van der Waals surface area contributed by atoms with Gasteiger partial charge in [0.25, 0.3) is 0 Å². The van der Waals surface area contributed by atoms with Gasteiger partial charge in [-0.05, 0) is 53.7 Å². The predicted molar refractivity (Wildman–Crippen MR) is 88.8 cm³/mol. The number of hydrogen-bond donors (Lipinski definition) is 1. The zero-order valence-corrected chi connectivity index (χ0v) is 13.7. The van der Waals surface area contributed by atoms with Crippen LogP contribution in [-0.4, -0.2) is 30.6 Å². The van der Waals surface area contributed by atoms with Gasteiger partial charge in [0.2, 0.25) is 0 Å². The van der Waals surface area contributed by atoms with E-state index in [2.05, 4.69) is 49.2 Å². The number of aryl methyl sites for hydroxylation is 1. The van der Waals surface area contributed by atoms with Crippen LogP contribution in [0.3, 0.4) is 0 Å². The molecule has 1 aliphatic carbocycles. The average Bonchev–Trinajstić information content (AvgIpc) is 2.91. The normalized spacial score (nSPS) is 32.6. The molecule has 0 aromatic heterocycles. The fourth-order valence-electron chi connectivity index (χ4n) is 4.77. The third-order valence-electron chi connectivity index (χ3n) is 6.46. The maximum absolute atomic E-state index is 3.75. The van der Waals surface area contributed by atoms with E-state index < -0.39 is 0 Å². The maximum Gasteiger partial charge on any atom is 0.0378 e. The first kappa shape index (κ1) is 13.6. The lowest BCUT2D eigenvalue weighted by Gasteiger charge is -2.23. The van der Waals surface area contributed by atoms with Crippen molar-refractivity contribution < 1.29 is 0 Å². The zero-order valence-electron chi connectivity index (χ0n) is 13.7. The minimum atomic E-state index is 0.647. The quantitative estimate of drug-likeness (QED) is 0.909. The van der Waals surface area contributed by atoms with Crippen LogP contribution in [0.2, 0.25) is 0 Å². The fraction of sp³-hybridized carbons (Fsp3) is 0.684. The fourth-order valence-corrected chi connectivity index (χ4v) is 4.77. The Balaban J connectivity index is 1.31. The minimum absolute atomic E-state index is 0.647. The van der Waals surface area contributed by atoms with E-state index in [4.69, 9.17) is 0 Å². The summed E-state index contributed by atoms with van der Waals surface area (Å²) in [6, 6.07) is 7.39. The molecule has 2 heteroatoms. The molecule has 0 bridgehead atoms. The van der Waals surface area contributed by atoms with E-state index in [1.807, 2.05) is 0 Å². The number of rotatable bonds is 4. The van der Waals surface area contributed by atoms with Crippen LogP contribution in [0.5, 0.6) is 0 Å². The van der Waals surface area contributed by atoms with Crippen molar-refractivity contribution in [2.75, 3.05) is 25.0 Å². The highest BCUT2D eigenvalue weighted by Crippen LogP contribution is 2.61. The standard InChI is InChI=1S/C19H28N2/c1-4-13-6-5-7-18-15(13)10-14(20-18)8-9-21-11-16-17(12-21)19(16,2)3/h5-7,14,16-17,20H,4,8-12H2,1-3H3. The molecular formula is C19H28N2. The Bertz CT molecular complexity index is 534. The van der Waals surface area contributed by atoms with Gasteiger partial charge < -0.3 is 10.2 Å². The second-order valence-corrected chi connectivity index (χ2v) is 7.92. The number of anilines is 1. The van der Waals surface area contributed by atoms with E-state index in [9.17, 15) is 0 Å². The molecule has 2 aliphatic heterocycles. The number of nitrogens with one attached hydrogen (secondary N) is 1. The molecule has 3 unspecified atom stereocenters. The summed E-state index contributed by atoms with van der Waals surface area (Å²) in [5.74, 6) is 1.97. The molecule has 3 aliphatic rings. The van der Waals surface area contributed by atoms with Crippen LogP contribution in [0.25, 0.3) is 0 Å². The summed E-state index contributed by atoms with van der Waals surface area (Å²) < 4.78 is 0. The van der Waals surface area contributed by atoms with E-state index in [1.165, 1.54) is 43.7 Å². The van der Waals surface area contributed by atoms with Gasteiger partial charge in [0.05, 0.1) is 0 Å². The number of fused-ring (bicyclic) bond motifs is 2. The maximum atomic E-state index is 3.75. The van der Waals surface area contributed by atoms with Crippen molar-refractivity contribution in [3.63, 3.8) is 0 Å². The Morgan fingerprint density at radius 2 is 2.00 bits per heavy atom. The van der Waals surface area contributed by atoms with Crippen molar-refractivity contribution in [2.45, 2.75) is 46.1 Å². The van der Waals surface area contributed by atoms with Gasteiger partial charge >= 0.3 is 0 Å². The van der Waals surface area contributed by atoms with Crippen LogP contribution in [0.1, 0.15) is 38.3 Å². The van der Waals surface area contributed by atoms with Crippen molar-refractivity contribution in [2.24, 2.45) is 17.3 Å². The lowest BCUT2D eigenvalue weighted by atomic mass is 10.00.